The lowest BCUT2D eigenvalue weighted by Gasteiger charge is -2.18. The van der Waals surface area contributed by atoms with Gasteiger partial charge in [0.2, 0.25) is 0 Å². The molecule has 2 heteroatoms. The van der Waals surface area contributed by atoms with E-state index in [4.69, 9.17) is 5.41 Å². The Bertz CT molecular complexity index is 98.6. The van der Waals surface area contributed by atoms with Crippen LogP contribution in [0.25, 0.3) is 0 Å². The van der Waals surface area contributed by atoms with E-state index in [1.807, 2.05) is 6.01 Å². The lowest BCUT2D eigenvalue weighted by molar-refractivity contribution is 0.421. The monoisotopic (exact) mass is 96.1 g/mol. The SMILES string of the molecule is N=C=NC1CCC1. The van der Waals surface area contributed by atoms with Crippen molar-refractivity contribution in [1.82, 2.24) is 0 Å². The van der Waals surface area contributed by atoms with Crippen molar-refractivity contribution in [3.05, 3.63) is 0 Å². The van der Waals surface area contributed by atoms with Crippen molar-refractivity contribution in [3.63, 3.8) is 0 Å². The summed E-state index contributed by atoms with van der Waals surface area (Å²) in [7, 11) is 0. The molecule has 1 rings (SSSR count). The predicted octanol–water partition coefficient (Wildman–Crippen LogP) is 1.29. The van der Waals surface area contributed by atoms with Crippen LogP contribution >= 0.6 is 0 Å². The number of hydrogen-bond donors (Lipinski definition) is 1. The molecule has 0 aromatic carbocycles. The van der Waals surface area contributed by atoms with Crippen molar-refractivity contribution in [2.45, 2.75) is 25.3 Å². The molecule has 0 unspecified atom stereocenters. The molecule has 1 aliphatic carbocycles. The molecule has 0 aromatic rings. The zero-order valence-corrected chi connectivity index (χ0v) is 4.15. The number of rotatable bonds is 1. The molecule has 1 saturated carbocycles. The molecule has 1 aliphatic rings. The van der Waals surface area contributed by atoms with Gasteiger partial charge in [-0.1, -0.05) is 0 Å². The first-order valence-electron chi connectivity index (χ1n) is 2.55. The molecule has 0 aromatic heterocycles. The average Bonchev–Trinajstić information content (AvgIpc) is 1.55. The van der Waals surface area contributed by atoms with E-state index in [1.165, 1.54) is 19.3 Å². The lowest BCUT2D eigenvalue weighted by Crippen LogP contribution is -2.13. The molecule has 0 spiro atoms. The Balaban J connectivity index is 2.27. The van der Waals surface area contributed by atoms with Crippen molar-refractivity contribution in [1.29, 1.82) is 5.41 Å². The van der Waals surface area contributed by atoms with Gasteiger partial charge in [-0.3, -0.25) is 0 Å². The van der Waals surface area contributed by atoms with Crippen LogP contribution in [0.2, 0.25) is 0 Å². The standard InChI is InChI=1S/C5H8N2/c6-4-7-5-2-1-3-5/h5-6H,1-3H2. The third-order valence-electron chi connectivity index (χ3n) is 1.32. The zero-order chi connectivity index (χ0) is 5.11. The van der Waals surface area contributed by atoms with Crippen LogP contribution in [0.5, 0.6) is 0 Å². The van der Waals surface area contributed by atoms with Crippen molar-refractivity contribution in [2.24, 2.45) is 4.99 Å². The fourth-order valence-electron chi connectivity index (χ4n) is 0.607. The molecule has 0 atom stereocenters. The summed E-state index contributed by atoms with van der Waals surface area (Å²) in [6, 6.07) is 2.50. The highest BCUT2D eigenvalue weighted by atomic mass is 14.8. The Morgan fingerprint density at radius 1 is 1.57 bits per heavy atom. The number of hydrogen-bond acceptors (Lipinski definition) is 2. The van der Waals surface area contributed by atoms with Crippen molar-refractivity contribution >= 4 is 6.01 Å². The third-order valence-corrected chi connectivity index (χ3v) is 1.32. The van der Waals surface area contributed by atoms with Crippen LogP contribution in [0.1, 0.15) is 19.3 Å². The summed E-state index contributed by atoms with van der Waals surface area (Å²) in [6.45, 7) is 0. The summed E-state index contributed by atoms with van der Waals surface area (Å²) >= 11 is 0. The lowest BCUT2D eigenvalue weighted by atomic mass is 9.94. The molecular weight excluding hydrogens is 88.1 g/mol. The summed E-state index contributed by atoms with van der Waals surface area (Å²) in [6.07, 6.45) is 3.63. The van der Waals surface area contributed by atoms with Gasteiger partial charge in [0.25, 0.3) is 0 Å². The van der Waals surface area contributed by atoms with Gasteiger partial charge < -0.3 is 0 Å². The minimum Gasteiger partial charge on any atom is -0.242 e. The first-order valence-corrected chi connectivity index (χ1v) is 2.55. The Morgan fingerprint density at radius 2 is 2.29 bits per heavy atom. The van der Waals surface area contributed by atoms with Crippen LogP contribution in [0.4, 0.5) is 0 Å². The normalized spacial score (nSPS) is 20.0. The quantitative estimate of drug-likeness (QED) is 0.477. The Hall–Kier alpha value is -0.620. The van der Waals surface area contributed by atoms with E-state index < -0.39 is 0 Å². The smallest absolute Gasteiger partial charge is 0.0864 e. The van der Waals surface area contributed by atoms with Crippen LogP contribution in [0.3, 0.4) is 0 Å². The van der Waals surface area contributed by atoms with Gasteiger partial charge in [0.05, 0.1) is 12.1 Å². The molecule has 0 radical (unpaired) electrons. The zero-order valence-electron chi connectivity index (χ0n) is 4.15. The maximum absolute atomic E-state index is 6.45. The number of nitrogens with zero attached hydrogens (tertiary/aromatic N) is 1. The predicted molar refractivity (Wildman–Crippen MR) is 27.8 cm³/mol. The molecule has 2 nitrogen and oxygen atoms in total. The number of nitrogens with one attached hydrogen (secondary N) is 1. The second-order valence-corrected chi connectivity index (χ2v) is 1.83. The largest absolute Gasteiger partial charge is 0.242 e. The van der Waals surface area contributed by atoms with Crippen LogP contribution in [0.15, 0.2) is 4.99 Å². The minimum absolute atomic E-state index is 0.456. The van der Waals surface area contributed by atoms with Crippen LogP contribution < -0.4 is 0 Å². The van der Waals surface area contributed by atoms with Crippen LogP contribution in [-0.4, -0.2) is 12.1 Å². The molecule has 7 heavy (non-hydrogen) atoms. The molecule has 1 fully saturated rings. The van der Waals surface area contributed by atoms with Crippen LogP contribution in [-0.2, 0) is 0 Å². The number of aliphatic imine (C=N–C) groups is 1. The fourth-order valence-corrected chi connectivity index (χ4v) is 0.607. The van der Waals surface area contributed by atoms with Crippen LogP contribution in [0, 0.1) is 5.41 Å². The fraction of sp³-hybridized carbons (Fsp3) is 0.800. The van der Waals surface area contributed by atoms with Crippen molar-refractivity contribution in [2.75, 3.05) is 0 Å². The highest BCUT2D eigenvalue weighted by Crippen LogP contribution is 2.20. The molecular formula is C5H8N2. The van der Waals surface area contributed by atoms with Crippen molar-refractivity contribution in [3.8, 4) is 0 Å². The van der Waals surface area contributed by atoms with E-state index >= 15 is 0 Å². The Kier molecular flexibility index (Phi) is 1.23. The second-order valence-electron chi connectivity index (χ2n) is 1.83. The molecule has 0 heterocycles. The van der Waals surface area contributed by atoms with Gasteiger partial charge in [-0.05, 0) is 19.3 Å². The van der Waals surface area contributed by atoms with Gasteiger partial charge in [-0.25, -0.2) is 10.4 Å². The van der Waals surface area contributed by atoms with Gasteiger partial charge in [-0.15, -0.1) is 0 Å². The average molecular weight is 96.1 g/mol. The van der Waals surface area contributed by atoms with Gasteiger partial charge >= 0.3 is 0 Å². The van der Waals surface area contributed by atoms with E-state index in [2.05, 4.69) is 4.99 Å². The summed E-state index contributed by atoms with van der Waals surface area (Å²) in [5.74, 6) is 0. The molecule has 38 valence electrons. The van der Waals surface area contributed by atoms with E-state index in [0.29, 0.717) is 6.04 Å². The first-order chi connectivity index (χ1) is 3.43. The highest BCUT2D eigenvalue weighted by molar-refractivity contribution is 5.36. The van der Waals surface area contributed by atoms with Gasteiger partial charge in [0, 0.05) is 0 Å². The summed E-state index contributed by atoms with van der Waals surface area (Å²) < 4.78 is 0. The maximum atomic E-state index is 6.45. The summed E-state index contributed by atoms with van der Waals surface area (Å²) in [5.41, 5.74) is 0. The molecule has 0 bridgehead atoms. The molecule has 1 N–H and O–H groups in total. The maximum Gasteiger partial charge on any atom is 0.0864 e. The summed E-state index contributed by atoms with van der Waals surface area (Å²) in [5, 5.41) is 6.45. The first kappa shape index (κ1) is 4.54. The van der Waals surface area contributed by atoms with E-state index in [0.717, 1.165) is 0 Å². The minimum atomic E-state index is 0.456. The second kappa shape index (κ2) is 1.90. The van der Waals surface area contributed by atoms with Crippen molar-refractivity contribution < 1.29 is 0 Å². The Morgan fingerprint density at radius 3 is 2.43 bits per heavy atom. The Labute approximate surface area is 42.8 Å². The van der Waals surface area contributed by atoms with Gasteiger partial charge in [0.1, 0.15) is 0 Å². The third kappa shape index (κ3) is 0.875. The van der Waals surface area contributed by atoms with Gasteiger partial charge in [0.15, 0.2) is 0 Å². The molecule has 0 saturated heterocycles. The molecule has 0 aliphatic heterocycles. The van der Waals surface area contributed by atoms with Gasteiger partial charge in [-0.2, -0.15) is 0 Å². The van der Waals surface area contributed by atoms with E-state index in [9.17, 15) is 0 Å². The topological polar surface area (TPSA) is 36.2 Å². The molecule has 0 amide bonds. The van der Waals surface area contributed by atoms with E-state index in [-0.39, 0.29) is 0 Å². The highest BCUT2D eigenvalue weighted by Gasteiger charge is 2.14. The summed E-state index contributed by atoms with van der Waals surface area (Å²) in [4.78, 5) is 3.75. The van der Waals surface area contributed by atoms with E-state index in [1.54, 1.807) is 0 Å².